The van der Waals surface area contributed by atoms with Crippen molar-refractivity contribution in [1.82, 2.24) is 0 Å². The predicted molar refractivity (Wildman–Crippen MR) is 75.0 cm³/mol. The van der Waals surface area contributed by atoms with Gasteiger partial charge in [-0.1, -0.05) is 36.4 Å². The van der Waals surface area contributed by atoms with Crippen molar-refractivity contribution in [2.45, 2.75) is 12.5 Å². The average Bonchev–Trinajstić information content (AvgIpc) is 2.47. The molecule has 0 aliphatic heterocycles. The second-order valence-corrected chi connectivity index (χ2v) is 4.55. The number of carbonyl (C=O) groups is 1. The second-order valence-electron chi connectivity index (χ2n) is 4.55. The molecule has 0 aliphatic carbocycles. The first-order valence-corrected chi connectivity index (χ1v) is 6.25. The Morgan fingerprint density at radius 2 is 1.50 bits per heavy atom. The molecule has 0 saturated heterocycles. The molecule has 0 amide bonds. The Kier molecular flexibility index (Phi) is 4.25. The fraction of sp³-hybridized carbons (Fsp3) is 0.188. The Hall–Kier alpha value is -2.49. The molecule has 0 spiro atoms. The molecule has 1 atom stereocenters. The molecule has 4 nitrogen and oxygen atoms in total. The highest BCUT2D eigenvalue weighted by atomic mass is 16.6. The lowest BCUT2D eigenvalue weighted by Gasteiger charge is -2.26. The molecule has 2 rings (SSSR count). The van der Waals surface area contributed by atoms with E-state index < -0.39 is 11.6 Å². The highest BCUT2D eigenvalue weighted by molar-refractivity contribution is 5.77. The van der Waals surface area contributed by atoms with E-state index >= 15 is 0 Å². The SMILES string of the molecule is CC(COc1ccccc1)(Oc1ccccc1)C(=O)O. The summed E-state index contributed by atoms with van der Waals surface area (Å²) in [4.78, 5) is 11.4. The number of para-hydroxylation sites is 2. The smallest absolute Gasteiger partial charge is 0.351 e. The van der Waals surface area contributed by atoms with Crippen molar-refractivity contribution in [1.29, 1.82) is 0 Å². The number of carboxylic acid groups (broad SMARTS) is 1. The monoisotopic (exact) mass is 272 g/mol. The molecule has 0 bridgehead atoms. The Balaban J connectivity index is 2.08. The van der Waals surface area contributed by atoms with Crippen LogP contribution in [0.4, 0.5) is 0 Å². The Morgan fingerprint density at radius 1 is 1.00 bits per heavy atom. The summed E-state index contributed by atoms with van der Waals surface area (Å²) in [6.07, 6.45) is 0. The average molecular weight is 272 g/mol. The zero-order valence-corrected chi connectivity index (χ0v) is 11.2. The summed E-state index contributed by atoms with van der Waals surface area (Å²) >= 11 is 0. The van der Waals surface area contributed by atoms with Crippen molar-refractivity contribution in [3.8, 4) is 11.5 Å². The molecular weight excluding hydrogens is 256 g/mol. The van der Waals surface area contributed by atoms with E-state index in [1.807, 2.05) is 24.3 Å². The van der Waals surface area contributed by atoms with E-state index in [0.717, 1.165) is 0 Å². The van der Waals surface area contributed by atoms with E-state index in [-0.39, 0.29) is 6.61 Å². The van der Waals surface area contributed by atoms with Gasteiger partial charge in [-0.05, 0) is 31.2 Å². The van der Waals surface area contributed by atoms with Gasteiger partial charge in [-0.15, -0.1) is 0 Å². The number of hydrogen-bond acceptors (Lipinski definition) is 3. The molecule has 104 valence electrons. The van der Waals surface area contributed by atoms with Crippen LogP contribution in [0.2, 0.25) is 0 Å². The van der Waals surface area contributed by atoms with Crippen LogP contribution in [0, 0.1) is 0 Å². The van der Waals surface area contributed by atoms with Crippen LogP contribution in [0.15, 0.2) is 60.7 Å². The van der Waals surface area contributed by atoms with Gasteiger partial charge in [-0.25, -0.2) is 4.79 Å². The van der Waals surface area contributed by atoms with Gasteiger partial charge < -0.3 is 14.6 Å². The van der Waals surface area contributed by atoms with Crippen molar-refractivity contribution in [2.75, 3.05) is 6.61 Å². The maximum Gasteiger partial charge on any atom is 0.351 e. The highest BCUT2D eigenvalue weighted by Gasteiger charge is 2.37. The first-order chi connectivity index (χ1) is 9.60. The van der Waals surface area contributed by atoms with Crippen LogP contribution in [0.25, 0.3) is 0 Å². The number of hydrogen-bond donors (Lipinski definition) is 1. The summed E-state index contributed by atoms with van der Waals surface area (Å²) in [7, 11) is 0. The topological polar surface area (TPSA) is 55.8 Å². The lowest BCUT2D eigenvalue weighted by Crippen LogP contribution is -2.46. The third-order valence-corrected chi connectivity index (χ3v) is 2.80. The maximum absolute atomic E-state index is 11.4. The minimum Gasteiger partial charge on any atom is -0.489 e. The van der Waals surface area contributed by atoms with Gasteiger partial charge in [0, 0.05) is 0 Å². The predicted octanol–water partition coefficient (Wildman–Crippen LogP) is 2.99. The van der Waals surface area contributed by atoms with Gasteiger partial charge in [-0.2, -0.15) is 0 Å². The molecule has 1 unspecified atom stereocenters. The van der Waals surface area contributed by atoms with Crippen molar-refractivity contribution in [3.05, 3.63) is 60.7 Å². The van der Waals surface area contributed by atoms with E-state index in [1.54, 1.807) is 36.4 Å². The number of carboxylic acids is 1. The lowest BCUT2D eigenvalue weighted by molar-refractivity contribution is -0.156. The third-order valence-electron chi connectivity index (χ3n) is 2.80. The van der Waals surface area contributed by atoms with Crippen LogP contribution in [-0.4, -0.2) is 23.3 Å². The second kappa shape index (κ2) is 6.10. The first-order valence-electron chi connectivity index (χ1n) is 6.25. The molecule has 20 heavy (non-hydrogen) atoms. The minimum atomic E-state index is -1.45. The number of ether oxygens (including phenoxy) is 2. The Bertz CT molecular complexity index is 553. The van der Waals surface area contributed by atoms with Crippen LogP contribution in [0.5, 0.6) is 11.5 Å². The van der Waals surface area contributed by atoms with Gasteiger partial charge in [0.2, 0.25) is 5.60 Å². The summed E-state index contributed by atoms with van der Waals surface area (Å²) in [5, 5.41) is 9.37. The molecule has 1 N–H and O–H groups in total. The maximum atomic E-state index is 11.4. The van der Waals surface area contributed by atoms with Gasteiger partial charge in [0.25, 0.3) is 0 Å². The van der Waals surface area contributed by atoms with E-state index in [2.05, 4.69) is 0 Å². The van der Waals surface area contributed by atoms with E-state index in [4.69, 9.17) is 9.47 Å². The molecule has 0 saturated carbocycles. The third kappa shape index (κ3) is 3.51. The molecule has 0 aromatic heterocycles. The lowest BCUT2D eigenvalue weighted by atomic mass is 10.1. The van der Waals surface area contributed by atoms with Gasteiger partial charge in [-0.3, -0.25) is 0 Å². The zero-order chi connectivity index (χ0) is 14.4. The van der Waals surface area contributed by atoms with Crippen LogP contribution in [0.1, 0.15) is 6.92 Å². The van der Waals surface area contributed by atoms with E-state index in [0.29, 0.717) is 11.5 Å². The molecule has 2 aromatic rings. The summed E-state index contributed by atoms with van der Waals surface area (Å²) in [5.41, 5.74) is -1.45. The number of aliphatic carboxylic acids is 1. The summed E-state index contributed by atoms with van der Waals surface area (Å²) in [5.74, 6) is 0.0305. The molecular formula is C16H16O4. The highest BCUT2D eigenvalue weighted by Crippen LogP contribution is 2.20. The molecule has 0 radical (unpaired) electrons. The quantitative estimate of drug-likeness (QED) is 0.878. The molecule has 0 heterocycles. The van der Waals surface area contributed by atoms with Crippen LogP contribution < -0.4 is 9.47 Å². The van der Waals surface area contributed by atoms with E-state index in [9.17, 15) is 9.90 Å². The Morgan fingerprint density at radius 3 is 2.00 bits per heavy atom. The fourth-order valence-electron chi connectivity index (χ4n) is 1.62. The molecule has 0 aliphatic rings. The van der Waals surface area contributed by atoms with Gasteiger partial charge in [0.15, 0.2) is 0 Å². The van der Waals surface area contributed by atoms with Crippen molar-refractivity contribution < 1.29 is 19.4 Å². The molecule has 0 fully saturated rings. The Labute approximate surface area is 117 Å². The van der Waals surface area contributed by atoms with Gasteiger partial charge >= 0.3 is 5.97 Å². The zero-order valence-electron chi connectivity index (χ0n) is 11.2. The van der Waals surface area contributed by atoms with Crippen molar-refractivity contribution in [3.63, 3.8) is 0 Å². The van der Waals surface area contributed by atoms with Crippen LogP contribution in [0.3, 0.4) is 0 Å². The standard InChI is InChI=1S/C16H16O4/c1-16(15(17)18,20-14-10-6-3-7-11-14)12-19-13-8-4-2-5-9-13/h2-11H,12H2,1H3,(H,17,18). The minimum absolute atomic E-state index is 0.0821. The molecule has 2 aromatic carbocycles. The normalized spacial score (nSPS) is 13.2. The number of rotatable bonds is 6. The summed E-state index contributed by atoms with van der Waals surface area (Å²) in [6.45, 7) is 1.41. The van der Waals surface area contributed by atoms with E-state index in [1.165, 1.54) is 6.92 Å². The number of benzene rings is 2. The van der Waals surface area contributed by atoms with Gasteiger partial charge in [0.1, 0.15) is 18.1 Å². The summed E-state index contributed by atoms with van der Waals surface area (Å²) < 4.78 is 11.1. The van der Waals surface area contributed by atoms with Crippen LogP contribution >= 0.6 is 0 Å². The summed E-state index contributed by atoms with van der Waals surface area (Å²) in [6, 6.07) is 17.9. The molecule has 4 heteroatoms. The van der Waals surface area contributed by atoms with Crippen LogP contribution in [-0.2, 0) is 4.79 Å². The van der Waals surface area contributed by atoms with Gasteiger partial charge in [0.05, 0.1) is 0 Å². The van der Waals surface area contributed by atoms with Crippen molar-refractivity contribution in [2.24, 2.45) is 0 Å². The fourth-order valence-corrected chi connectivity index (χ4v) is 1.62. The largest absolute Gasteiger partial charge is 0.489 e. The first kappa shape index (κ1) is 13.9. The van der Waals surface area contributed by atoms with Crippen molar-refractivity contribution >= 4 is 5.97 Å².